The van der Waals surface area contributed by atoms with E-state index in [9.17, 15) is 19.2 Å². The molecule has 1 saturated heterocycles. The van der Waals surface area contributed by atoms with Gasteiger partial charge in [0, 0.05) is 9.79 Å². The molecular formula is C25H25N3O5S. The van der Waals surface area contributed by atoms with Crippen molar-refractivity contribution >= 4 is 47.0 Å². The third kappa shape index (κ3) is 3.73. The lowest BCUT2D eigenvalue weighted by atomic mass is 9.73. The maximum Gasteiger partial charge on any atom is 0.326 e. The number of carbonyl (C=O) groups excluding carboxylic acids is 4. The minimum atomic E-state index is -0.940. The predicted molar refractivity (Wildman–Crippen MR) is 126 cm³/mol. The number of hydrogen-bond acceptors (Lipinski definition) is 6. The number of urea groups is 1. The van der Waals surface area contributed by atoms with Crippen LogP contribution in [-0.2, 0) is 19.1 Å². The van der Waals surface area contributed by atoms with Crippen LogP contribution in [0, 0.1) is 5.92 Å². The SMILES string of the molecule is C[C@H]1CCCC[C@@]12NC(=O)N(CC(=O)OCC(=O)N1c3ccccc3Sc3ccccc31)C2=O. The maximum atomic E-state index is 13.2. The zero-order valence-electron chi connectivity index (χ0n) is 18.8. The Morgan fingerprint density at radius 1 is 1.06 bits per heavy atom. The Balaban J connectivity index is 1.27. The van der Waals surface area contributed by atoms with Crippen LogP contribution in [0.5, 0.6) is 0 Å². The second kappa shape index (κ2) is 8.79. The van der Waals surface area contributed by atoms with Crippen LogP contribution in [0.4, 0.5) is 16.2 Å². The third-order valence-corrected chi connectivity index (χ3v) is 7.96. The lowest BCUT2D eigenvalue weighted by Crippen LogP contribution is -2.54. The summed E-state index contributed by atoms with van der Waals surface area (Å²) in [4.78, 5) is 55.6. The number of hydrogen-bond donors (Lipinski definition) is 1. The Kier molecular flexibility index (Phi) is 5.81. The van der Waals surface area contributed by atoms with Crippen molar-refractivity contribution in [2.45, 2.75) is 47.9 Å². The molecule has 0 bridgehead atoms. The molecule has 0 radical (unpaired) electrons. The van der Waals surface area contributed by atoms with Gasteiger partial charge in [-0.05, 0) is 43.0 Å². The molecule has 2 heterocycles. The number of benzene rings is 2. The van der Waals surface area contributed by atoms with Crippen LogP contribution in [0.1, 0.15) is 32.6 Å². The first-order valence-electron chi connectivity index (χ1n) is 11.4. The topological polar surface area (TPSA) is 96.0 Å². The summed E-state index contributed by atoms with van der Waals surface area (Å²) >= 11 is 1.57. The van der Waals surface area contributed by atoms with Gasteiger partial charge in [-0.2, -0.15) is 0 Å². The Morgan fingerprint density at radius 3 is 2.35 bits per heavy atom. The number of anilines is 2. The Hall–Kier alpha value is -3.33. The number of rotatable bonds is 4. The molecule has 1 aliphatic carbocycles. The van der Waals surface area contributed by atoms with Gasteiger partial charge >= 0.3 is 12.0 Å². The van der Waals surface area contributed by atoms with Crippen molar-refractivity contribution in [1.29, 1.82) is 0 Å². The minimum absolute atomic E-state index is 0.00240. The molecule has 0 unspecified atom stereocenters. The van der Waals surface area contributed by atoms with Crippen molar-refractivity contribution in [3.05, 3.63) is 48.5 Å². The largest absolute Gasteiger partial charge is 0.454 e. The van der Waals surface area contributed by atoms with Crippen LogP contribution in [-0.4, -0.2) is 47.4 Å². The fourth-order valence-corrected chi connectivity index (χ4v) is 6.05. The van der Waals surface area contributed by atoms with Gasteiger partial charge in [-0.3, -0.25) is 24.2 Å². The van der Waals surface area contributed by atoms with E-state index in [0.29, 0.717) is 6.42 Å². The number of nitrogens with one attached hydrogen (secondary N) is 1. The van der Waals surface area contributed by atoms with E-state index in [4.69, 9.17) is 4.74 Å². The van der Waals surface area contributed by atoms with Gasteiger partial charge in [0.05, 0.1) is 11.4 Å². The van der Waals surface area contributed by atoms with Gasteiger partial charge in [-0.1, -0.05) is 55.8 Å². The van der Waals surface area contributed by atoms with Crippen molar-refractivity contribution < 1.29 is 23.9 Å². The summed E-state index contributed by atoms with van der Waals surface area (Å²) in [5.41, 5.74) is 0.494. The molecule has 2 atom stereocenters. The molecule has 176 valence electrons. The van der Waals surface area contributed by atoms with Crippen molar-refractivity contribution in [2.24, 2.45) is 5.92 Å². The first-order valence-corrected chi connectivity index (χ1v) is 12.2. The lowest BCUT2D eigenvalue weighted by Gasteiger charge is -2.36. The van der Waals surface area contributed by atoms with E-state index < -0.39 is 36.6 Å². The normalized spacial score (nSPS) is 23.4. The van der Waals surface area contributed by atoms with E-state index in [-0.39, 0.29) is 11.8 Å². The van der Waals surface area contributed by atoms with E-state index in [1.54, 1.807) is 16.7 Å². The fraction of sp³-hybridized carbons (Fsp3) is 0.360. The molecule has 2 fully saturated rings. The fourth-order valence-electron chi connectivity index (χ4n) is 4.99. The quantitative estimate of drug-likeness (QED) is 0.529. The zero-order chi connectivity index (χ0) is 23.9. The molecule has 2 aliphatic heterocycles. The molecule has 2 aromatic carbocycles. The van der Waals surface area contributed by atoms with E-state index in [1.165, 1.54) is 0 Å². The van der Waals surface area contributed by atoms with Crippen molar-refractivity contribution in [1.82, 2.24) is 10.2 Å². The second-order valence-electron chi connectivity index (χ2n) is 8.87. The molecule has 34 heavy (non-hydrogen) atoms. The Labute approximate surface area is 201 Å². The molecule has 8 nitrogen and oxygen atoms in total. The van der Waals surface area contributed by atoms with Gasteiger partial charge in [0.1, 0.15) is 12.1 Å². The van der Waals surface area contributed by atoms with Gasteiger partial charge in [0.15, 0.2) is 6.61 Å². The average molecular weight is 480 g/mol. The maximum absolute atomic E-state index is 13.2. The number of para-hydroxylation sites is 2. The zero-order valence-corrected chi connectivity index (χ0v) is 19.6. The van der Waals surface area contributed by atoms with Crippen LogP contribution >= 0.6 is 11.8 Å². The highest BCUT2D eigenvalue weighted by Gasteiger charge is 2.55. The van der Waals surface area contributed by atoms with E-state index in [1.807, 2.05) is 55.5 Å². The molecule has 3 aliphatic rings. The highest BCUT2D eigenvalue weighted by Crippen LogP contribution is 2.47. The number of fused-ring (bicyclic) bond motifs is 2. The monoisotopic (exact) mass is 479 g/mol. The molecule has 1 saturated carbocycles. The third-order valence-electron chi connectivity index (χ3n) is 6.83. The number of ether oxygens (including phenoxy) is 1. The predicted octanol–water partition coefficient (Wildman–Crippen LogP) is 3.86. The summed E-state index contributed by atoms with van der Waals surface area (Å²) < 4.78 is 5.24. The van der Waals surface area contributed by atoms with Gasteiger partial charge < -0.3 is 10.1 Å². The van der Waals surface area contributed by atoms with Crippen LogP contribution in [0.2, 0.25) is 0 Å². The van der Waals surface area contributed by atoms with Gasteiger partial charge in [0.25, 0.3) is 11.8 Å². The van der Waals surface area contributed by atoms with Crippen molar-refractivity contribution in [3.8, 4) is 0 Å². The molecule has 9 heteroatoms. The Morgan fingerprint density at radius 2 is 1.71 bits per heavy atom. The standard InChI is InChI=1S/C25H25N3O5S/c1-16-8-6-7-13-25(16)23(31)27(24(32)26-25)14-22(30)33-15-21(29)28-17-9-2-4-11-19(17)34-20-12-5-3-10-18(20)28/h2-5,9-12,16H,6-8,13-15H2,1H3,(H,26,32)/t16-,25+/m0/s1. The van der Waals surface area contributed by atoms with E-state index in [2.05, 4.69) is 5.32 Å². The average Bonchev–Trinajstić information content (AvgIpc) is 3.07. The molecule has 0 aromatic heterocycles. The van der Waals surface area contributed by atoms with Crippen LogP contribution < -0.4 is 10.2 Å². The van der Waals surface area contributed by atoms with Gasteiger partial charge in [0.2, 0.25) is 0 Å². The summed E-state index contributed by atoms with van der Waals surface area (Å²) in [6, 6.07) is 14.5. The summed E-state index contributed by atoms with van der Waals surface area (Å²) in [7, 11) is 0. The van der Waals surface area contributed by atoms with Crippen LogP contribution in [0.15, 0.2) is 58.3 Å². The number of nitrogens with zero attached hydrogens (tertiary/aromatic N) is 2. The molecular weight excluding hydrogens is 454 g/mol. The number of esters is 1. The first kappa shape index (κ1) is 22.5. The van der Waals surface area contributed by atoms with E-state index in [0.717, 1.165) is 45.3 Å². The molecule has 1 N–H and O–H groups in total. The summed E-state index contributed by atoms with van der Waals surface area (Å²) in [5, 5.41) is 2.81. The molecule has 4 amide bonds. The molecule has 1 spiro atoms. The molecule has 5 rings (SSSR count). The van der Waals surface area contributed by atoms with E-state index >= 15 is 0 Å². The highest BCUT2D eigenvalue weighted by atomic mass is 32.2. The summed E-state index contributed by atoms with van der Waals surface area (Å²) in [6.07, 6.45) is 3.27. The first-order chi connectivity index (χ1) is 16.4. The van der Waals surface area contributed by atoms with Gasteiger partial charge in [-0.15, -0.1) is 0 Å². The van der Waals surface area contributed by atoms with Crippen molar-refractivity contribution in [2.75, 3.05) is 18.1 Å². The smallest absolute Gasteiger partial charge is 0.326 e. The number of carbonyl (C=O) groups is 4. The van der Waals surface area contributed by atoms with Crippen LogP contribution in [0.3, 0.4) is 0 Å². The number of imide groups is 1. The highest BCUT2D eigenvalue weighted by molar-refractivity contribution is 7.99. The van der Waals surface area contributed by atoms with Gasteiger partial charge in [-0.25, -0.2) is 4.79 Å². The molecule has 2 aromatic rings. The Bertz CT molecular complexity index is 1140. The van der Waals surface area contributed by atoms with Crippen LogP contribution in [0.25, 0.3) is 0 Å². The summed E-state index contributed by atoms with van der Waals surface area (Å²) in [5.74, 6) is -1.60. The lowest BCUT2D eigenvalue weighted by molar-refractivity contribution is -0.150. The minimum Gasteiger partial charge on any atom is -0.454 e. The van der Waals surface area contributed by atoms with Crippen molar-refractivity contribution in [3.63, 3.8) is 0 Å². The summed E-state index contributed by atoms with van der Waals surface area (Å²) in [6.45, 7) is 0.928. The number of amides is 4. The second-order valence-corrected chi connectivity index (χ2v) is 9.95.